The molecular weight excluding hydrogens is 250 g/mol. The van der Waals surface area contributed by atoms with Crippen LogP contribution in [0.1, 0.15) is 27.4 Å². The summed E-state index contributed by atoms with van der Waals surface area (Å²) in [5, 5.41) is 9.19. The van der Waals surface area contributed by atoms with Gasteiger partial charge in [-0.1, -0.05) is 0 Å². The van der Waals surface area contributed by atoms with Crippen molar-refractivity contribution in [2.75, 3.05) is 19.7 Å². The van der Waals surface area contributed by atoms with Crippen molar-refractivity contribution in [1.29, 1.82) is 0 Å². The summed E-state index contributed by atoms with van der Waals surface area (Å²) in [4.78, 5) is 15.5. The van der Waals surface area contributed by atoms with E-state index in [0.29, 0.717) is 10.8 Å². The molecule has 0 aliphatic carbocycles. The average Bonchev–Trinajstić information content (AvgIpc) is 2.86. The highest BCUT2D eigenvalue weighted by atomic mass is 32.1. The highest BCUT2D eigenvalue weighted by Gasteiger charge is 2.19. The first-order valence-electron chi connectivity index (χ1n) is 6.15. The maximum atomic E-state index is 11.3. The first-order chi connectivity index (χ1) is 8.72. The highest BCUT2D eigenvalue weighted by Crippen LogP contribution is 2.22. The van der Waals surface area contributed by atoms with Crippen molar-refractivity contribution in [3.63, 3.8) is 0 Å². The Morgan fingerprint density at radius 2 is 2.44 bits per heavy atom. The lowest BCUT2D eigenvalue weighted by molar-refractivity contribution is 0.0957. The fourth-order valence-corrected chi connectivity index (χ4v) is 3.27. The Morgan fingerprint density at radius 3 is 3.17 bits per heavy atom. The van der Waals surface area contributed by atoms with Crippen LogP contribution in [0.4, 0.5) is 0 Å². The van der Waals surface area contributed by atoms with Crippen LogP contribution in [0, 0.1) is 5.92 Å². The van der Waals surface area contributed by atoms with E-state index in [2.05, 4.69) is 10.3 Å². The Morgan fingerprint density at radius 1 is 1.61 bits per heavy atom. The second-order valence-corrected chi connectivity index (χ2v) is 5.83. The second kappa shape index (κ2) is 6.29. The number of likely N-dealkylation sites (tertiary alicyclic amines) is 1. The summed E-state index contributed by atoms with van der Waals surface area (Å²) >= 11 is 1.47. The Labute approximate surface area is 111 Å². The topological polar surface area (TPSA) is 78.6 Å². The third-order valence-corrected chi connectivity index (χ3v) is 4.33. The van der Waals surface area contributed by atoms with Crippen molar-refractivity contribution in [3.8, 4) is 0 Å². The van der Waals surface area contributed by atoms with E-state index in [1.54, 1.807) is 6.07 Å². The fraction of sp³-hybridized carbons (Fsp3) is 0.583. The number of piperidine rings is 1. The molecule has 1 atom stereocenters. The third-order valence-electron chi connectivity index (χ3n) is 3.26. The molecular formula is C12H19N3O2S. The van der Waals surface area contributed by atoms with Gasteiger partial charge < -0.3 is 5.11 Å². The minimum absolute atomic E-state index is 0.238. The smallest absolute Gasteiger partial charge is 0.275 e. The SMILES string of the molecule is NNC(=O)c1ccc(CN2CCCC(CO)C2)s1. The van der Waals surface area contributed by atoms with Crippen LogP contribution in [-0.4, -0.2) is 35.6 Å². The molecule has 1 amide bonds. The first-order valence-corrected chi connectivity index (χ1v) is 6.97. The number of nitrogens with one attached hydrogen (secondary N) is 1. The van der Waals surface area contributed by atoms with Gasteiger partial charge in [-0.3, -0.25) is 15.1 Å². The molecule has 1 aromatic rings. The van der Waals surface area contributed by atoms with Gasteiger partial charge in [-0.25, -0.2) is 5.84 Å². The Bertz CT molecular complexity index is 408. The zero-order chi connectivity index (χ0) is 13.0. The van der Waals surface area contributed by atoms with E-state index in [1.807, 2.05) is 6.07 Å². The quantitative estimate of drug-likeness (QED) is 0.424. The molecule has 100 valence electrons. The molecule has 0 spiro atoms. The summed E-state index contributed by atoms with van der Waals surface area (Å²) in [5.41, 5.74) is 2.14. The highest BCUT2D eigenvalue weighted by molar-refractivity contribution is 7.14. The first kappa shape index (κ1) is 13.5. The number of nitrogen functional groups attached to an aromatic ring is 1. The zero-order valence-electron chi connectivity index (χ0n) is 10.3. The van der Waals surface area contributed by atoms with Gasteiger partial charge in [-0.05, 0) is 37.4 Å². The van der Waals surface area contributed by atoms with Gasteiger partial charge in [0.2, 0.25) is 0 Å². The molecule has 4 N–H and O–H groups in total. The fourth-order valence-electron chi connectivity index (χ4n) is 2.32. The van der Waals surface area contributed by atoms with Crippen LogP contribution in [0.2, 0.25) is 0 Å². The molecule has 1 aliphatic rings. The number of hydrazine groups is 1. The number of aliphatic hydroxyl groups is 1. The van der Waals surface area contributed by atoms with E-state index in [9.17, 15) is 9.90 Å². The molecule has 2 heterocycles. The number of hydrogen-bond donors (Lipinski definition) is 3. The van der Waals surface area contributed by atoms with Gasteiger partial charge in [0.05, 0.1) is 4.88 Å². The molecule has 1 fully saturated rings. The number of amides is 1. The van der Waals surface area contributed by atoms with Crippen LogP contribution in [0.25, 0.3) is 0 Å². The van der Waals surface area contributed by atoms with Crippen LogP contribution in [0.3, 0.4) is 0 Å². The lowest BCUT2D eigenvalue weighted by Crippen LogP contribution is -2.36. The molecule has 1 unspecified atom stereocenters. The minimum Gasteiger partial charge on any atom is -0.396 e. The van der Waals surface area contributed by atoms with Crippen LogP contribution in [0.15, 0.2) is 12.1 Å². The predicted molar refractivity (Wildman–Crippen MR) is 71.1 cm³/mol. The maximum Gasteiger partial charge on any atom is 0.275 e. The van der Waals surface area contributed by atoms with Gasteiger partial charge >= 0.3 is 0 Å². The van der Waals surface area contributed by atoms with Crippen molar-refractivity contribution in [1.82, 2.24) is 10.3 Å². The number of nitrogens with zero attached hydrogens (tertiary/aromatic N) is 1. The van der Waals surface area contributed by atoms with Crippen LogP contribution < -0.4 is 11.3 Å². The maximum absolute atomic E-state index is 11.3. The second-order valence-electron chi connectivity index (χ2n) is 4.67. The number of carbonyl (C=O) groups is 1. The van der Waals surface area contributed by atoms with Crippen molar-refractivity contribution < 1.29 is 9.90 Å². The van der Waals surface area contributed by atoms with Crippen LogP contribution in [-0.2, 0) is 6.54 Å². The van der Waals surface area contributed by atoms with Gasteiger partial charge in [0.25, 0.3) is 5.91 Å². The van der Waals surface area contributed by atoms with Crippen LogP contribution in [0.5, 0.6) is 0 Å². The monoisotopic (exact) mass is 269 g/mol. The van der Waals surface area contributed by atoms with E-state index in [1.165, 1.54) is 11.3 Å². The number of hydrogen-bond acceptors (Lipinski definition) is 5. The van der Waals surface area contributed by atoms with Gasteiger partial charge in [-0.2, -0.15) is 0 Å². The number of aliphatic hydroxyl groups excluding tert-OH is 1. The molecule has 2 rings (SSSR count). The largest absolute Gasteiger partial charge is 0.396 e. The molecule has 6 heteroatoms. The van der Waals surface area contributed by atoms with Crippen molar-refractivity contribution in [2.24, 2.45) is 11.8 Å². The standard InChI is InChI=1S/C12H19N3O2S/c13-14-12(17)11-4-3-10(18-11)7-15-5-1-2-9(6-15)8-16/h3-4,9,16H,1-2,5-8,13H2,(H,14,17). The van der Waals surface area contributed by atoms with E-state index >= 15 is 0 Å². The molecule has 1 saturated heterocycles. The Kier molecular flexibility index (Phi) is 4.71. The summed E-state index contributed by atoms with van der Waals surface area (Å²) in [5.74, 6) is 5.26. The molecule has 0 saturated carbocycles. The average molecular weight is 269 g/mol. The molecule has 5 nitrogen and oxygen atoms in total. The van der Waals surface area contributed by atoms with Crippen molar-refractivity contribution >= 4 is 17.2 Å². The summed E-state index contributed by atoms with van der Waals surface area (Å²) < 4.78 is 0. The zero-order valence-corrected chi connectivity index (χ0v) is 11.1. The third kappa shape index (κ3) is 3.29. The molecule has 1 aromatic heterocycles. The summed E-state index contributed by atoms with van der Waals surface area (Å²) in [6, 6.07) is 3.77. The van der Waals surface area contributed by atoms with E-state index in [0.717, 1.165) is 37.4 Å². The van der Waals surface area contributed by atoms with Gasteiger partial charge in [0.1, 0.15) is 0 Å². The summed E-state index contributed by atoms with van der Waals surface area (Å²) in [7, 11) is 0. The minimum atomic E-state index is -0.238. The van der Waals surface area contributed by atoms with Crippen LogP contribution >= 0.6 is 11.3 Å². The van der Waals surface area contributed by atoms with Gasteiger partial charge in [-0.15, -0.1) is 11.3 Å². The number of nitrogens with two attached hydrogens (primary N) is 1. The lowest BCUT2D eigenvalue weighted by Gasteiger charge is -2.31. The molecule has 1 aliphatic heterocycles. The van der Waals surface area contributed by atoms with Crippen molar-refractivity contribution in [2.45, 2.75) is 19.4 Å². The molecule has 18 heavy (non-hydrogen) atoms. The normalized spacial score (nSPS) is 20.9. The van der Waals surface area contributed by atoms with Gasteiger partial charge in [0, 0.05) is 24.6 Å². The number of thiophene rings is 1. The number of rotatable bonds is 4. The molecule has 0 bridgehead atoms. The lowest BCUT2D eigenvalue weighted by atomic mass is 9.99. The van der Waals surface area contributed by atoms with Gasteiger partial charge in [0.15, 0.2) is 0 Å². The molecule has 0 aromatic carbocycles. The summed E-state index contributed by atoms with van der Waals surface area (Å²) in [6.45, 7) is 3.11. The van der Waals surface area contributed by atoms with Crippen molar-refractivity contribution in [3.05, 3.63) is 21.9 Å². The summed E-state index contributed by atoms with van der Waals surface area (Å²) in [6.07, 6.45) is 2.24. The Hall–Kier alpha value is -0.950. The number of carbonyl (C=O) groups excluding carboxylic acids is 1. The Balaban J connectivity index is 1.92. The van der Waals surface area contributed by atoms with E-state index < -0.39 is 0 Å². The van der Waals surface area contributed by atoms with E-state index in [4.69, 9.17) is 5.84 Å². The predicted octanol–water partition coefficient (Wildman–Crippen LogP) is 0.556. The van der Waals surface area contributed by atoms with E-state index in [-0.39, 0.29) is 12.5 Å². The molecule has 0 radical (unpaired) electrons.